The van der Waals surface area contributed by atoms with E-state index in [2.05, 4.69) is 79.4 Å². The van der Waals surface area contributed by atoms with Crippen LogP contribution < -0.4 is 55.3 Å². The van der Waals surface area contributed by atoms with Crippen molar-refractivity contribution >= 4 is 35.5 Å². The molecule has 4 heterocycles. The number of unbranched alkanes of at least 4 members (excludes halogenated alkanes) is 14. The number of carbonyl (C=O) groups is 6. The van der Waals surface area contributed by atoms with Crippen LogP contribution in [-0.4, -0.2) is 192 Å². The average molecular weight is 1570 g/mol. The smallest absolute Gasteiger partial charge is 0.320 e. The molecule has 0 aliphatic carbocycles. The maximum atomic E-state index is 12.0. The Kier molecular flexibility index (Phi) is 88.0. The van der Waals surface area contributed by atoms with Gasteiger partial charge in [0.25, 0.3) is 0 Å². The van der Waals surface area contributed by atoms with Crippen LogP contribution in [0.4, 0.5) is 0 Å². The van der Waals surface area contributed by atoms with E-state index in [1.165, 1.54) is 103 Å². The minimum atomic E-state index is -0.772. The molecule has 0 bridgehead atoms. The van der Waals surface area contributed by atoms with Gasteiger partial charge in [-0.2, -0.15) is 0 Å². The Morgan fingerprint density at radius 3 is 0.973 bits per heavy atom. The van der Waals surface area contributed by atoms with Gasteiger partial charge < -0.3 is 84.0 Å². The molecule has 110 heavy (non-hydrogen) atoms. The van der Waals surface area contributed by atoms with Gasteiger partial charge in [-0.05, 0) is 136 Å². The zero-order valence-corrected chi connectivity index (χ0v) is 67.0. The third kappa shape index (κ3) is 74.5. The summed E-state index contributed by atoms with van der Waals surface area (Å²) in [6.07, 6.45) is 58.8. The number of epoxide rings is 4. The second-order valence-corrected chi connectivity index (χ2v) is 28.0. The first-order chi connectivity index (χ1) is 51.0. The van der Waals surface area contributed by atoms with Crippen molar-refractivity contribution in [1.29, 1.82) is 0 Å². The lowest BCUT2D eigenvalue weighted by atomic mass is 10.0. The zero-order valence-electron chi connectivity index (χ0n) is 67.0. The fraction of sp³-hybridized carbons (Fsp3) is 0.816. The van der Waals surface area contributed by atoms with E-state index < -0.39 is 12.2 Å². The number of ether oxygens (including phenoxy) is 5. The fourth-order valence-electron chi connectivity index (χ4n) is 11.1. The predicted molar refractivity (Wildman–Crippen MR) is 463 cm³/mol. The summed E-state index contributed by atoms with van der Waals surface area (Å²) in [4.78, 5) is 71.1. The van der Waals surface area contributed by atoms with Gasteiger partial charge in [0.05, 0.1) is 61.5 Å². The number of hydrogen-bond acceptors (Lipinski definition) is 18. The molecule has 650 valence electrons. The zero-order chi connectivity index (χ0) is 77.6. The van der Waals surface area contributed by atoms with Gasteiger partial charge in [0.1, 0.15) is 6.10 Å². The lowest BCUT2D eigenvalue weighted by molar-refractivity contribution is -0.156. The van der Waals surface area contributed by atoms with E-state index in [0.29, 0.717) is 133 Å². The number of rotatable bonds is 62. The maximum absolute atomic E-state index is 12.0. The second-order valence-electron chi connectivity index (χ2n) is 28.0. The van der Waals surface area contributed by atoms with Crippen molar-refractivity contribution in [1.82, 2.24) is 31.5 Å². The first-order valence-electron chi connectivity index (χ1n) is 41.3. The number of amides is 5. The molecular formula is C87H175N11O12. The van der Waals surface area contributed by atoms with Crippen LogP contribution in [0.15, 0.2) is 60.8 Å². The van der Waals surface area contributed by atoms with Crippen LogP contribution in [-0.2, 0) is 52.5 Å². The Bertz CT molecular complexity index is 2280. The normalized spacial score (nSPS) is 18.6. The maximum Gasteiger partial charge on any atom is 0.320 e. The minimum Gasteiger partial charge on any atom is -0.459 e. The molecule has 0 radical (unpaired) electrons. The van der Waals surface area contributed by atoms with Crippen LogP contribution in [0.3, 0.4) is 0 Å². The van der Waals surface area contributed by atoms with Gasteiger partial charge in [0.2, 0.25) is 29.5 Å². The standard InChI is InChI=1S/C19H37N3O4.C18H34N2O2.C16H30N2O2.C15H28N2O2.C14H26N2O2.5CH4/c1-4-6-7-11-17(26-19(25)15-22(3)5-2)16(23)10-8-9-12-18(24)21-14-13-20;1-2-3-6-11-16-17(22-16)12-7-8-13-18(21)20-15-10-5-4-9-14-19;1-2-3-4-9-14-15(20-14)10-5-6-11-16(19)18-13-8-7-12-17;1-2-3-4-8-13-14(19-13)9-5-6-10-15(18)17-12-7-11-16;1-2-3-4-7-12-13(18-12)8-5-6-9-14(17)16-11-10-15;;;;;/h8-9,16-17,23H,4-7,10-15,20H2,1-3H3,(H,21,24);7-8,16-17H,2-6,9-15,19H2,1H3,(H,20,21);5-6,14-15H,2-4,7-13,17H2,1H3,(H,18,19);5-6,13-14H,2-4,7-12,16H2,1H3,(H,17,18);5-6,12-13H,2-4,7-11,15H2,1H3,(H,16,17);5*1H4/b9-8+;8-7+;3*6-5+;;;;;. The summed E-state index contributed by atoms with van der Waals surface area (Å²) in [5.41, 5.74) is 26.8. The third-order valence-corrected chi connectivity index (χ3v) is 18.1. The highest BCUT2D eigenvalue weighted by molar-refractivity contribution is 5.79. The molecule has 10 unspecified atom stereocenters. The highest BCUT2D eigenvalue weighted by Crippen LogP contribution is 2.33. The first kappa shape index (κ1) is 116. The lowest BCUT2D eigenvalue weighted by Gasteiger charge is -2.24. The molecule has 5 amide bonds. The van der Waals surface area contributed by atoms with Gasteiger partial charge in [-0.15, -0.1) is 0 Å². The Labute approximate surface area is 673 Å². The largest absolute Gasteiger partial charge is 0.459 e. The summed E-state index contributed by atoms with van der Waals surface area (Å²) < 4.78 is 27.9. The van der Waals surface area contributed by atoms with Gasteiger partial charge >= 0.3 is 5.97 Å². The minimum absolute atomic E-state index is 0. The van der Waals surface area contributed by atoms with Crippen molar-refractivity contribution in [2.45, 2.75) is 377 Å². The van der Waals surface area contributed by atoms with Crippen LogP contribution in [0.1, 0.15) is 316 Å². The van der Waals surface area contributed by atoms with Gasteiger partial charge in [0, 0.05) is 77.9 Å². The molecule has 0 spiro atoms. The van der Waals surface area contributed by atoms with Crippen molar-refractivity contribution in [2.24, 2.45) is 28.7 Å². The molecule has 4 fully saturated rings. The van der Waals surface area contributed by atoms with Crippen molar-refractivity contribution < 1.29 is 57.6 Å². The van der Waals surface area contributed by atoms with Gasteiger partial charge in [-0.1, -0.05) is 242 Å². The molecule has 0 saturated carbocycles. The summed E-state index contributed by atoms with van der Waals surface area (Å²) in [5, 5.41) is 24.5. The molecule has 4 aliphatic rings. The van der Waals surface area contributed by atoms with Crippen molar-refractivity contribution in [3.05, 3.63) is 60.8 Å². The van der Waals surface area contributed by atoms with Gasteiger partial charge in [0.15, 0.2) is 0 Å². The molecule has 4 aliphatic heterocycles. The lowest BCUT2D eigenvalue weighted by Crippen LogP contribution is -2.35. The Hall–Kier alpha value is -4.92. The van der Waals surface area contributed by atoms with Crippen molar-refractivity contribution in [2.75, 3.05) is 85.6 Å². The van der Waals surface area contributed by atoms with E-state index in [0.717, 1.165) is 116 Å². The number of esters is 1. The molecule has 4 rings (SSSR count). The quantitative estimate of drug-likeness (QED) is 0.0117. The molecule has 16 N–H and O–H groups in total. The van der Waals surface area contributed by atoms with E-state index in [-0.39, 0.29) is 85.6 Å². The predicted octanol–water partition coefficient (Wildman–Crippen LogP) is 14.1. The number of aliphatic hydroxyl groups excluding tert-OH is 1. The molecular weight excluding hydrogens is 1390 g/mol. The summed E-state index contributed by atoms with van der Waals surface area (Å²) >= 11 is 0. The number of likely N-dealkylation sites (N-methyl/N-ethyl adjacent to an activating group) is 1. The molecule has 10 atom stereocenters. The summed E-state index contributed by atoms with van der Waals surface area (Å²) in [6, 6.07) is 0. The molecule has 23 nitrogen and oxygen atoms in total. The van der Waals surface area contributed by atoms with Crippen molar-refractivity contribution in [3.63, 3.8) is 0 Å². The van der Waals surface area contributed by atoms with E-state index >= 15 is 0 Å². The topological polar surface area (TPSA) is 375 Å². The SMILES string of the molecule is C.C.C.C.C.CCCCCC(OC(=O)CN(C)CC)C(O)C/C=C/CC(=O)NCCN.CCCCCC1OC1C/C=C/CC(=O)NCCCCCCN.CCCCCC1OC1C/C=C/CC(=O)NCCCCN.CCCCCC1OC1C/C=C/CC(=O)NCCCN.CCCCCC1OC1C/C=C/CC(=O)NCCN. The highest BCUT2D eigenvalue weighted by Gasteiger charge is 2.39. The molecule has 0 aromatic carbocycles. The van der Waals surface area contributed by atoms with Crippen LogP contribution in [0.5, 0.6) is 0 Å². The van der Waals surface area contributed by atoms with Crippen LogP contribution in [0.2, 0.25) is 0 Å². The number of hydrogen-bond donors (Lipinski definition) is 11. The Morgan fingerprint density at radius 2 is 0.655 bits per heavy atom. The number of carbonyl (C=O) groups excluding carboxylic acids is 6. The molecule has 0 aromatic heterocycles. The summed E-state index contributed by atoms with van der Waals surface area (Å²) in [5.74, 6) is -0.107. The molecule has 4 saturated heterocycles. The second kappa shape index (κ2) is 83.5. The number of nitrogens with two attached hydrogens (primary N) is 5. The van der Waals surface area contributed by atoms with Gasteiger partial charge in [-0.25, -0.2) is 0 Å². The first-order valence-corrected chi connectivity index (χ1v) is 41.3. The van der Waals surface area contributed by atoms with E-state index in [4.69, 9.17) is 52.4 Å². The monoisotopic (exact) mass is 1570 g/mol. The average Bonchev–Trinajstić information content (AvgIpc) is 1.73. The Morgan fingerprint density at radius 1 is 0.364 bits per heavy atom. The third-order valence-electron chi connectivity index (χ3n) is 18.1. The van der Waals surface area contributed by atoms with Crippen LogP contribution in [0, 0.1) is 0 Å². The summed E-state index contributed by atoms with van der Waals surface area (Å²) in [7, 11) is 1.85. The number of nitrogens with zero attached hydrogens (tertiary/aromatic N) is 1. The van der Waals surface area contributed by atoms with E-state index in [1.54, 1.807) is 12.2 Å². The van der Waals surface area contributed by atoms with Crippen molar-refractivity contribution in [3.8, 4) is 0 Å². The number of aliphatic hydroxyl groups is 1. The number of nitrogens with one attached hydrogen (secondary N) is 5. The van der Waals surface area contributed by atoms with Crippen LogP contribution >= 0.6 is 0 Å². The summed E-state index contributed by atoms with van der Waals surface area (Å²) in [6.45, 7) is 20.1. The van der Waals surface area contributed by atoms with Gasteiger partial charge in [-0.3, -0.25) is 33.7 Å². The highest BCUT2D eigenvalue weighted by atomic mass is 16.6. The Balaban J connectivity index is -0.000000305. The van der Waals surface area contributed by atoms with E-state index in [9.17, 15) is 33.9 Å². The van der Waals surface area contributed by atoms with E-state index in [1.807, 2.05) is 49.3 Å². The van der Waals surface area contributed by atoms with Crippen LogP contribution in [0.25, 0.3) is 0 Å². The molecule has 0 aromatic rings. The molecule has 23 heteroatoms. The fourth-order valence-corrected chi connectivity index (χ4v) is 11.1.